The van der Waals surface area contributed by atoms with Gasteiger partial charge in [-0.1, -0.05) is 6.42 Å². The van der Waals surface area contributed by atoms with Gasteiger partial charge in [0, 0.05) is 19.6 Å². The van der Waals surface area contributed by atoms with Crippen LogP contribution in [0.25, 0.3) is 0 Å². The average molecular weight is 344 g/mol. The lowest BCUT2D eigenvalue weighted by molar-refractivity contribution is -0.149. The third kappa shape index (κ3) is 3.46. The first-order valence-corrected chi connectivity index (χ1v) is 10.1. The molecule has 0 aromatic carbocycles. The molecule has 0 bridgehead atoms. The molecule has 2 atom stereocenters. The summed E-state index contributed by atoms with van der Waals surface area (Å²) in [6.07, 6.45) is 4.32. The number of fused-ring (bicyclic) bond motifs is 1. The summed E-state index contributed by atoms with van der Waals surface area (Å²) < 4.78 is 23.7. The molecule has 2 amide bonds. The molecule has 1 aliphatic heterocycles. The summed E-state index contributed by atoms with van der Waals surface area (Å²) in [6.45, 7) is 0.774. The van der Waals surface area contributed by atoms with Crippen LogP contribution < -0.4 is 5.32 Å². The summed E-state index contributed by atoms with van der Waals surface area (Å²) in [6, 6.07) is -0.346. The summed E-state index contributed by atoms with van der Waals surface area (Å²) >= 11 is 0. The maximum absolute atomic E-state index is 12.2. The second-order valence-electron chi connectivity index (χ2n) is 7.22. The van der Waals surface area contributed by atoms with Gasteiger partial charge in [-0.05, 0) is 37.5 Å². The molecule has 3 rings (SSSR count). The van der Waals surface area contributed by atoms with Crippen LogP contribution in [0, 0.1) is 17.3 Å². The van der Waals surface area contributed by atoms with Crippen molar-refractivity contribution >= 4 is 21.8 Å². The fourth-order valence-corrected chi connectivity index (χ4v) is 5.58. The van der Waals surface area contributed by atoms with Crippen LogP contribution in [0.15, 0.2) is 0 Å². The van der Waals surface area contributed by atoms with Crippen molar-refractivity contribution in [3.63, 3.8) is 0 Å². The Morgan fingerprint density at radius 3 is 2.61 bits per heavy atom. The van der Waals surface area contributed by atoms with Crippen molar-refractivity contribution in [2.45, 2.75) is 32.1 Å². The number of nitrogens with zero attached hydrogens (tertiary/aromatic N) is 1. The van der Waals surface area contributed by atoms with Gasteiger partial charge in [0.1, 0.15) is 0 Å². The molecule has 3 fully saturated rings. The van der Waals surface area contributed by atoms with E-state index in [-0.39, 0.29) is 36.5 Å². The summed E-state index contributed by atoms with van der Waals surface area (Å²) in [4.78, 5) is 25.3. The fourth-order valence-electron chi connectivity index (χ4n) is 3.95. The van der Waals surface area contributed by atoms with Crippen molar-refractivity contribution in [2.24, 2.45) is 17.3 Å². The molecular weight excluding hydrogens is 320 g/mol. The Bertz CT molecular complexity index is 601. The lowest BCUT2D eigenvalue weighted by Crippen LogP contribution is -2.43. The first-order chi connectivity index (χ1) is 10.8. The zero-order valence-electron chi connectivity index (χ0n) is 13.2. The highest BCUT2D eigenvalue weighted by Crippen LogP contribution is 2.48. The number of urea groups is 1. The second-order valence-corrected chi connectivity index (χ2v) is 9.45. The second kappa shape index (κ2) is 5.96. The van der Waals surface area contributed by atoms with Crippen molar-refractivity contribution in [1.82, 2.24) is 10.2 Å². The Morgan fingerprint density at radius 1 is 1.26 bits per heavy atom. The van der Waals surface area contributed by atoms with Gasteiger partial charge in [-0.25, -0.2) is 13.2 Å². The van der Waals surface area contributed by atoms with Gasteiger partial charge < -0.3 is 15.3 Å². The minimum Gasteiger partial charge on any atom is -0.481 e. The number of nitrogens with one attached hydrogen (secondary N) is 1. The van der Waals surface area contributed by atoms with E-state index in [9.17, 15) is 23.1 Å². The third-order valence-electron chi connectivity index (χ3n) is 5.46. The molecule has 1 heterocycles. The normalized spacial score (nSPS) is 30.3. The van der Waals surface area contributed by atoms with Gasteiger partial charge in [0.2, 0.25) is 0 Å². The number of aliphatic carboxylic acids is 1. The summed E-state index contributed by atoms with van der Waals surface area (Å²) in [5.41, 5.74) is -0.796. The van der Waals surface area contributed by atoms with Gasteiger partial charge in [-0.3, -0.25) is 4.79 Å². The highest BCUT2D eigenvalue weighted by atomic mass is 32.2. The predicted molar refractivity (Wildman–Crippen MR) is 83.8 cm³/mol. The van der Waals surface area contributed by atoms with Crippen LogP contribution in [0.2, 0.25) is 0 Å². The van der Waals surface area contributed by atoms with Crippen molar-refractivity contribution in [1.29, 1.82) is 0 Å². The Balaban J connectivity index is 1.49. The minimum atomic E-state index is -3.11. The van der Waals surface area contributed by atoms with Crippen LogP contribution in [0.4, 0.5) is 4.79 Å². The number of sulfone groups is 1. The maximum Gasteiger partial charge on any atom is 0.317 e. The SMILES string of the molecule is O=C(NCCS(=O)(=O)CC1CC1)N1C[C@@H]2CCC[C@@]2(C(=O)O)C1. The highest BCUT2D eigenvalue weighted by molar-refractivity contribution is 7.91. The van der Waals surface area contributed by atoms with Gasteiger partial charge in [0.05, 0.1) is 16.9 Å². The van der Waals surface area contributed by atoms with Crippen molar-refractivity contribution in [3.8, 4) is 0 Å². The fraction of sp³-hybridized carbons (Fsp3) is 0.867. The van der Waals surface area contributed by atoms with Crippen LogP contribution in [0.3, 0.4) is 0 Å². The molecule has 2 saturated carbocycles. The lowest BCUT2D eigenvalue weighted by atomic mass is 9.81. The predicted octanol–water partition coefficient (Wildman–Crippen LogP) is 0.708. The average Bonchev–Trinajstić information content (AvgIpc) is 3.02. The molecule has 0 unspecified atom stereocenters. The van der Waals surface area contributed by atoms with Gasteiger partial charge in [0.15, 0.2) is 9.84 Å². The van der Waals surface area contributed by atoms with Crippen LogP contribution in [-0.4, -0.2) is 61.6 Å². The zero-order valence-corrected chi connectivity index (χ0v) is 14.0. The van der Waals surface area contributed by atoms with E-state index in [1.54, 1.807) is 0 Å². The number of hydrogen-bond acceptors (Lipinski definition) is 4. The van der Waals surface area contributed by atoms with E-state index in [1.165, 1.54) is 4.90 Å². The van der Waals surface area contributed by atoms with E-state index in [0.29, 0.717) is 18.9 Å². The van der Waals surface area contributed by atoms with Crippen LogP contribution >= 0.6 is 0 Å². The molecule has 0 spiro atoms. The highest BCUT2D eigenvalue weighted by Gasteiger charge is 2.55. The van der Waals surface area contributed by atoms with Crippen LogP contribution in [0.5, 0.6) is 0 Å². The number of amides is 2. The van der Waals surface area contributed by atoms with E-state index < -0.39 is 21.2 Å². The summed E-state index contributed by atoms with van der Waals surface area (Å²) in [5.74, 6) is -0.316. The number of carbonyl (C=O) groups excluding carboxylic acids is 1. The van der Waals surface area contributed by atoms with E-state index in [0.717, 1.165) is 25.7 Å². The number of rotatable bonds is 6. The lowest BCUT2D eigenvalue weighted by Gasteiger charge is -2.23. The Morgan fingerprint density at radius 2 is 2.00 bits per heavy atom. The third-order valence-corrected chi connectivity index (χ3v) is 7.27. The number of hydrogen-bond donors (Lipinski definition) is 2. The topological polar surface area (TPSA) is 104 Å². The first-order valence-electron chi connectivity index (χ1n) is 8.29. The van der Waals surface area contributed by atoms with E-state index in [4.69, 9.17) is 0 Å². The molecule has 1 saturated heterocycles. The van der Waals surface area contributed by atoms with Crippen molar-refractivity contribution in [2.75, 3.05) is 31.1 Å². The maximum atomic E-state index is 12.2. The zero-order chi connectivity index (χ0) is 16.7. The number of carbonyl (C=O) groups is 2. The Kier molecular flexibility index (Phi) is 4.29. The van der Waals surface area contributed by atoms with E-state index >= 15 is 0 Å². The smallest absolute Gasteiger partial charge is 0.317 e. The first kappa shape index (κ1) is 16.5. The van der Waals surface area contributed by atoms with Gasteiger partial charge in [-0.15, -0.1) is 0 Å². The standard InChI is InChI=1S/C15H24N2O5S/c18-13(19)15-5-1-2-12(15)8-17(10-15)14(20)16-6-7-23(21,22)9-11-3-4-11/h11-12H,1-10H2,(H,16,20)(H,18,19)/t12-,15+/m0/s1. The monoisotopic (exact) mass is 344 g/mol. The Hall–Kier alpha value is -1.31. The van der Waals surface area contributed by atoms with Gasteiger partial charge in [-0.2, -0.15) is 0 Å². The molecule has 23 heavy (non-hydrogen) atoms. The quantitative estimate of drug-likeness (QED) is 0.738. The molecule has 3 aliphatic rings. The van der Waals surface area contributed by atoms with Crippen molar-refractivity contribution in [3.05, 3.63) is 0 Å². The molecule has 0 aromatic heterocycles. The number of carboxylic acid groups (broad SMARTS) is 1. The number of likely N-dealkylation sites (tertiary alicyclic amines) is 1. The van der Waals surface area contributed by atoms with E-state index in [1.807, 2.05) is 0 Å². The molecule has 0 radical (unpaired) electrons. The minimum absolute atomic E-state index is 0.0179. The van der Waals surface area contributed by atoms with Crippen molar-refractivity contribution < 1.29 is 23.1 Å². The molecule has 2 aliphatic carbocycles. The molecule has 7 nitrogen and oxygen atoms in total. The molecule has 0 aromatic rings. The summed E-state index contributed by atoms with van der Waals surface area (Å²) in [7, 11) is -3.11. The van der Waals surface area contributed by atoms with Gasteiger partial charge >= 0.3 is 12.0 Å². The molecular formula is C15H24N2O5S. The summed E-state index contributed by atoms with van der Waals surface area (Å²) in [5, 5.41) is 12.1. The molecule has 2 N–H and O–H groups in total. The van der Waals surface area contributed by atoms with Crippen LogP contribution in [-0.2, 0) is 14.6 Å². The van der Waals surface area contributed by atoms with Crippen LogP contribution in [0.1, 0.15) is 32.1 Å². The molecule has 130 valence electrons. The van der Waals surface area contributed by atoms with Gasteiger partial charge in [0.25, 0.3) is 0 Å². The van der Waals surface area contributed by atoms with E-state index in [2.05, 4.69) is 5.32 Å². The molecule has 8 heteroatoms. The number of carboxylic acids is 1. The Labute approximate surface area is 136 Å². The largest absolute Gasteiger partial charge is 0.481 e.